The molecule has 0 aliphatic rings. The van der Waals surface area contributed by atoms with Gasteiger partial charge in [0.1, 0.15) is 11.5 Å². The van der Waals surface area contributed by atoms with Gasteiger partial charge in [0.05, 0.1) is 17.6 Å². The summed E-state index contributed by atoms with van der Waals surface area (Å²) in [6.07, 6.45) is 0. The number of aryl methyl sites for hydroxylation is 2. The molecule has 2 N–H and O–H groups in total. The first-order valence-electron chi connectivity index (χ1n) is 9.84. The molecule has 5 aromatic rings. The number of carbonyl (C=O) groups is 1. The lowest BCUT2D eigenvalue weighted by Gasteiger charge is -2.12. The molecule has 5 rings (SSSR count). The van der Waals surface area contributed by atoms with E-state index in [4.69, 9.17) is 0 Å². The Labute approximate surface area is 176 Å². The molecule has 7 nitrogen and oxygen atoms in total. The summed E-state index contributed by atoms with van der Waals surface area (Å²) in [5.41, 5.74) is 3.92. The summed E-state index contributed by atoms with van der Waals surface area (Å²) in [5, 5.41) is 19.7. The molecule has 0 saturated heterocycles. The summed E-state index contributed by atoms with van der Waals surface area (Å²) in [4.78, 5) is 13.3. The first-order valence-corrected chi connectivity index (χ1v) is 9.84. The third-order valence-electron chi connectivity index (χ3n) is 5.53. The number of carbonyl (C=O) groups excluding carboxylic acids is 1. The summed E-state index contributed by atoms with van der Waals surface area (Å²) in [7, 11) is 0. The average Bonchev–Trinajstić information content (AvgIpc) is 3.34. The van der Waals surface area contributed by atoms with Crippen LogP contribution in [-0.4, -0.2) is 30.9 Å². The molecular formula is C23H19FN6O. The molecule has 0 atom stereocenters. The number of hydrogen-bond acceptors (Lipinski definition) is 4. The van der Waals surface area contributed by atoms with Crippen molar-refractivity contribution < 1.29 is 9.18 Å². The van der Waals surface area contributed by atoms with Gasteiger partial charge >= 0.3 is 0 Å². The van der Waals surface area contributed by atoms with Crippen molar-refractivity contribution in [1.82, 2.24) is 25.0 Å². The van der Waals surface area contributed by atoms with Gasteiger partial charge in [0.25, 0.3) is 5.91 Å². The monoisotopic (exact) mass is 414 g/mol. The molecule has 154 valence electrons. The van der Waals surface area contributed by atoms with Crippen molar-refractivity contribution in [2.45, 2.75) is 20.4 Å². The Balaban J connectivity index is 1.58. The van der Waals surface area contributed by atoms with Crippen molar-refractivity contribution in [3.05, 3.63) is 82.9 Å². The van der Waals surface area contributed by atoms with E-state index in [2.05, 4.69) is 25.7 Å². The zero-order valence-corrected chi connectivity index (χ0v) is 17.0. The number of aromatic amines is 1. The molecule has 31 heavy (non-hydrogen) atoms. The fourth-order valence-electron chi connectivity index (χ4n) is 3.77. The Morgan fingerprint density at radius 2 is 1.87 bits per heavy atom. The highest BCUT2D eigenvalue weighted by atomic mass is 19.1. The molecule has 1 amide bonds. The second-order valence-electron chi connectivity index (χ2n) is 7.43. The average molecular weight is 414 g/mol. The lowest BCUT2D eigenvalue weighted by molar-refractivity contribution is 0.101. The van der Waals surface area contributed by atoms with Crippen LogP contribution < -0.4 is 5.32 Å². The molecule has 0 unspecified atom stereocenters. The first-order chi connectivity index (χ1) is 15.0. The van der Waals surface area contributed by atoms with E-state index in [1.165, 1.54) is 6.07 Å². The molecule has 0 saturated carbocycles. The van der Waals surface area contributed by atoms with Gasteiger partial charge < -0.3 is 9.88 Å². The largest absolute Gasteiger partial charge is 0.332 e. The van der Waals surface area contributed by atoms with Crippen molar-refractivity contribution in [3.8, 4) is 0 Å². The summed E-state index contributed by atoms with van der Waals surface area (Å²) in [5.74, 6) is -0.261. The van der Waals surface area contributed by atoms with Crippen molar-refractivity contribution in [1.29, 1.82) is 0 Å². The Hall–Kier alpha value is -4.07. The molecule has 0 radical (unpaired) electrons. The maximum atomic E-state index is 14.3. The van der Waals surface area contributed by atoms with Crippen LogP contribution in [0.4, 0.5) is 10.2 Å². The van der Waals surface area contributed by atoms with E-state index in [1.54, 1.807) is 24.3 Å². The number of benzene rings is 2. The maximum absolute atomic E-state index is 14.3. The molecule has 0 fully saturated rings. The van der Waals surface area contributed by atoms with Crippen LogP contribution in [0.5, 0.6) is 0 Å². The minimum atomic E-state index is -0.338. The van der Waals surface area contributed by atoms with E-state index >= 15 is 0 Å². The van der Waals surface area contributed by atoms with Gasteiger partial charge in [-0.15, -0.1) is 5.10 Å². The Morgan fingerprint density at radius 3 is 2.71 bits per heavy atom. The number of anilines is 1. The van der Waals surface area contributed by atoms with E-state index in [0.717, 1.165) is 27.5 Å². The fraction of sp³-hybridized carbons (Fsp3) is 0.130. The fourth-order valence-corrected chi connectivity index (χ4v) is 3.77. The zero-order valence-electron chi connectivity index (χ0n) is 17.0. The van der Waals surface area contributed by atoms with Crippen LogP contribution in [0.15, 0.2) is 54.6 Å². The van der Waals surface area contributed by atoms with Crippen LogP contribution in [0.25, 0.3) is 21.9 Å². The minimum Gasteiger partial charge on any atom is -0.332 e. The van der Waals surface area contributed by atoms with Crippen LogP contribution in [-0.2, 0) is 6.54 Å². The van der Waals surface area contributed by atoms with Gasteiger partial charge in [-0.1, -0.05) is 36.4 Å². The van der Waals surface area contributed by atoms with Gasteiger partial charge in [0.15, 0.2) is 11.5 Å². The number of amides is 1. The lowest BCUT2D eigenvalue weighted by atomic mass is 10.2. The van der Waals surface area contributed by atoms with Gasteiger partial charge in [-0.2, -0.15) is 10.2 Å². The van der Waals surface area contributed by atoms with E-state index in [0.29, 0.717) is 22.7 Å². The highest BCUT2D eigenvalue weighted by molar-refractivity contribution is 6.09. The van der Waals surface area contributed by atoms with Crippen LogP contribution in [0, 0.1) is 19.7 Å². The smallest absolute Gasteiger partial charge is 0.273 e. The standard InChI is InChI=1S/C23H19FN6O/c1-13-14(2)26-28-22-20(13)21(27-29-22)25-23(31)19-11-15-7-4-6-10-18(15)30(19)12-16-8-3-5-9-17(16)24/h3-11H,12H2,1-2H3,(H2,25,27,28,29,31). The Morgan fingerprint density at radius 1 is 1.10 bits per heavy atom. The molecule has 0 spiro atoms. The number of para-hydroxylation sites is 1. The van der Waals surface area contributed by atoms with Crippen LogP contribution in [0.2, 0.25) is 0 Å². The van der Waals surface area contributed by atoms with Crippen molar-refractivity contribution in [2.24, 2.45) is 0 Å². The second kappa shape index (κ2) is 7.32. The molecule has 0 aliphatic carbocycles. The van der Waals surface area contributed by atoms with Gasteiger partial charge in [-0.3, -0.25) is 9.89 Å². The number of nitrogens with one attached hydrogen (secondary N) is 2. The minimum absolute atomic E-state index is 0.230. The second-order valence-corrected chi connectivity index (χ2v) is 7.43. The number of H-pyrrole nitrogens is 1. The Bertz CT molecular complexity index is 1450. The first kappa shape index (κ1) is 18.9. The van der Waals surface area contributed by atoms with Gasteiger partial charge in [0, 0.05) is 16.5 Å². The molecule has 3 heterocycles. The number of hydrogen-bond donors (Lipinski definition) is 2. The van der Waals surface area contributed by atoms with E-state index in [1.807, 2.05) is 42.7 Å². The predicted octanol–water partition coefficient (Wildman–Crippen LogP) is 4.36. The van der Waals surface area contributed by atoms with E-state index in [-0.39, 0.29) is 18.3 Å². The predicted molar refractivity (Wildman–Crippen MR) is 117 cm³/mol. The number of halogens is 1. The van der Waals surface area contributed by atoms with Crippen molar-refractivity contribution in [3.63, 3.8) is 0 Å². The molecular weight excluding hydrogens is 395 g/mol. The Kier molecular flexibility index (Phi) is 4.47. The van der Waals surface area contributed by atoms with Crippen LogP contribution >= 0.6 is 0 Å². The number of nitrogens with zero attached hydrogens (tertiary/aromatic N) is 4. The zero-order chi connectivity index (χ0) is 21.5. The van der Waals surface area contributed by atoms with E-state index in [9.17, 15) is 9.18 Å². The molecule has 0 bridgehead atoms. The quantitative estimate of drug-likeness (QED) is 0.457. The lowest BCUT2D eigenvalue weighted by Crippen LogP contribution is -2.18. The van der Waals surface area contributed by atoms with Crippen LogP contribution in [0.3, 0.4) is 0 Å². The topological polar surface area (TPSA) is 88.5 Å². The normalized spacial score (nSPS) is 11.3. The third-order valence-corrected chi connectivity index (χ3v) is 5.53. The van der Waals surface area contributed by atoms with Crippen molar-refractivity contribution in [2.75, 3.05) is 5.32 Å². The molecule has 0 aliphatic heterocycles. The number of aromatic nitrogens is 5. The molecule has 8 heteroatoms. The third kappa shape index (κ3) is 3.22. The maximum Gasteiger partial charge on any atom is 0.273 e. The summed E-state index contributed by atoms with van der Waals surface area (Å²) in [6.45, 7) is 3.99. The van der Waals surface area contributed by atoms with Gasteiger partial charge in [-0.05, 0) is 37.6 Å². The highest BCUT2D eigenvalue weighted by Gasteiger charge is 2.20. The summed E-state index contributed by atoms with van der Waals surface area (Å²) < 4.78 is 16.2. The van der Waals surface area contributed by atoms with Gasteiger partial charge in [0.2, 0.25) is 0 Å². The SMILES string of the molecule is Cc1nnc2[nH]nc(NC(=O)c3cc4ccccc4n3Cc3ccccc3F)c2c1C. The van der Waals surface area contributed by atoms with E-state index < -0.39 is 0 Å². The van der Waals surface area contributed by atoms with Crippen molar-refractivity contribution >= 4 is 33.7 Å². The van der Waals surface area contributed by atoms with Gasteiger partial charge in [-0.25, -0.2) is 4.39 Å². The van der Waals surface area contributed by atoms with Crippen LogP contribution in [0.1, 0.15) is 27.3 Å². The highest BCUT2D eigenvalue weighted by Crippen LogP contribution is 2.26. The number of rotatable bonds is 4. The molecule has 2 aromatic carbocycles. The summed E-state index contributed by atoms with van der Waals surface area (Å²) in [6, 6.07) is 16.0. The molecule has 3 aromatic heterocycles. The number of fused-ring (bicyclic) bond motifs is 2. The summed E-state index contributed by atoms with van der Waals surface area (Å²) >= 11 is 0.